The second-order valence-electron chi connectivity index (χ2n) is 25.2. The SMILES string of the molecule is c1ccc(-c2ccc(N(c3ccc(-c4ccccc4)cc3)c3cc4c(s3)c3sc5c6sc(N(c7ccc(-c8ccccc8)cc7)c7ccc(-c8ccccc8)cc7)cc6n(-c6ccc(-c7cccc8ccccc78)cc6)c5c3n4-c3ccc(-c4cccc5ccccc45)cc3)cc2)cc1. The lowest BCUT2D eigenvalue weighted by Crippen LogP contribution is -2.08. The molecule has 0 aliphatic heterocycles. The average Bonchev–Trinajstić information content (AvgIpc) is 1.52. The van der Waals surface area contributed by atoms with Crippen LogP contribution >= 0.6 is 34.0 Å². The summed E-state index contributed by atoms with van der Waals surface area (Å²) in [6, 6.07) is 133. The second-order valence-corrected chi connectivity index (χ2v) is 28.3. The van der Waals surface area contributed by atoms with Gasteiger partial charge in [-0.1, -0.05) is 279 Å². The molecule has 0 aliphatic rings. The molecule has 14 aromatic carbocycles. The molecule has 0 radical (unpaired) electrons. The van der Waals surface area contributed by atoms with E-state index in [-0.39, 0.29) is 0 Å². The van der Waals surface area contributed by atoms with Crippen molar-refractivity contribution in [1.82, 2.24) is 9.13 Å². The molecule has 19 aromatic rings. The Morgan fingerprint density at radius 1 is 0.212 bits per heavy atom. The largest absolute Gasteiger partial charge is 0.305 e. The summed E-state index contributed by atoms with van der Waals surface area (Å²) in [5, 5.41) is 7.20. The number of aromatic nitrogens is 2. The minimum absolute atomic E-state index is 1.09. The lowest BCUT2D eigenvalue weighted by molar-refractivity contribution is 1.15. The Labute approximate surface area is 585 Å². The van der Waals surface area contributed by atoms with Gasteiger partial charge in [-0.2, -0.15) is 0 Å². The summed E-state index contributed by atoms with van der Waals surface area (Å²) in [7, 11) is 0. The number of anilines is 6. The van der Waals surface area contributed by atoms with Crippen LogP contribution in [-0.2, 0) is 0 Å². The first-order chi connectivity index (χ1) is 49.1. The Kier molecular flexibility index (Phi) is 14.4. The van der Waals surface area contributed by atoms with Crippen molar-refractivity contribution in [1.29, 1.82) is 0 Å². The standard InChI is InChI=1S/C92H60N4S3/c1-5-19-61(20-6-1)65-35-47-73(48-36-65)93(74-49-37-66(38-50-74)62-21-7-2-8-22-62)85-59-83-89(97-85)91-87(95(83)77-55-43-71(44-56-77)81-33-17-29-69-27-13-15-31-79(69)81)88-92(99-91)90-84(96(88)78-57-45-72(46-58-78)82-34-18-30-70-28-14-16-32-80(70)82)60-86(98-90)94(75-51-39-67(40-52-75)63-23-9-3-10-24-63)76-53-41-68(42-54-76)64-25-11-4-12-26-64/h1-60H. The van der Waals surface area contributed by atoms with Gasteiger partial charge < -0.3 is 18.9 Å². The van der Waals surface area contributed by atoms with Crippen LogP contribution in [0.2, 0.25) is 0 Å². The molecule has 4 nitrogen and oxygen atoms in total. The lowest BCUT2D eigenvalue weighted by Gasteiger charge is -2.24. The van der Waals surface area contributed by atoms with Gasteiger partial charge in [0.1, 0.15) is 10.0 Å². The summed E-state index contributed by atoms with van der Waals surface area (Å²) in [5.41, 5.74) is 25.5. The number of hydrogen-bond donors (Lipinski definition) is 0. The maximum absolute atomic E-state index is 2.58. The first-order valence-corrected chi connectivity index (χ1v) is 36.0. The summed E-state index contributed by atoms with van der Waals surface area (Å²) in [4.78, 5) is 4.91. The zero-order valence-electron chi connectivity index (χ0n) is 53.7. The monoisotopic (exact) mass is 1320 g/mol. The normalized spacial score (nSPS) is 11.6. The first-order valence-electron chi connectivity index (χ1n) is 33.5. The first kappa shape index (κ1) is 58.3. The summed E-state index contributed by atoms with van der Waals surface area (Å²) < 4.78 is 10.1. The zero-order valence-corrected chi connectivity index (χ0v) is 56.1. The molecule has 466 valence electrons. The maximum Gasteiger partial charge on any atom is 0.103 e. The Morgan fingerprint density at radius 2 is 0.485 bits per heavy atom. The summed E-state index contributed by atoms with van der Waals surface area (Å²) >= 11 is 5.68. The molecule has 0 fully saturated rings. The van der Waals surface area contributed by atoms with Gasteiger partial charge in [-0.25, -0.2) is 0 Å². The number of benzene rings is 14. The third-order valence-corrected chi connectivity index (χ3v) is 23.1. The Balaban J connectivity index is 0.849. The molecule has 0 aliphatic carbocycles. The lowest BCUT2D eigenvalue weighted by atomic mass is 9.98. The van der Waals surface area contributed by atoms with Gasteiger partial charge in [0.2, 0.25) is 0 Å². The highest BCUT2D eigenvalue weighted by Crippen LogP contribution is 2.55. The minimum atomic E-state index is 1.09. The van der Waals surface area contributed by atoms with E-state index in [1.54, 1.807) is 0 Å². The quantitative estimate of drug-likeness (QED) is 0.108. The maximum atomic E-state index is 2.58. The van der Waals surface area contributed by atoms with Crippen LogP contribution in [-0.4, -0.2) is 9.13 Å². The number of hydrogen-bond acceptors (Lipinski definition) is 5. The van der Waals surface area contributed by atoms with Crippen LogP contribution in [0.4, 0.5) is 32.8 Å². The molecular weight excluding hydrogens is 1260 g/mol. The van der Waals surface area contributed by atoms with E-state index in [2.05, 4.69) is 383 Å². The predicted octanol–water partition coefficient (Wildman–Crippen LogP) is 27.3. The third-order valence-electron chi connectivity index (χ3n) is 19.4. The molecule has 0 N–H and O–H groups in total. The van der Waals surface area contributed by atoms with Gasteiger partial charge in [0.15, 0.2) is 0 Å². The van der Waals surface area contributed by atoms with Crippen LogP contribution in [0.3, 0.4) is 0 Å². The van der Waals surface area contributed by atoms with Gasteiger partial charge in [-0.05, 0) is 173 Å². The molecular formula is C92H60N4S3. The molecule has 0 bridgehead atoms. The van der Waals surface area contributed by atoms with Crippen LogP contribution in [0.15, 0.2) is 364 Å². The van der Waals surface area contributed by atoms with Crippen LogP contribution < -0.4 is 9.80 Å². The van der Waals surface area contributed by atoms with Gasteiger partial charge in [0.05, 0.1) is 40.9 Å². The van der Waals surface area contributed by atoms with Gasteiger partial charge in [-0.3, -0.25) is 0 Å². The van der Waals surface area contributed by atoms with Crippen molar-refractivity contribution in [2.45, 2.75) is 0 Å². The fourth-order valence-electron chi connectivity index (χ4n) is 14.6. The Morgan fingerprint density at radius 3 is 0.808 bits per heavy atom. The number of fused-ring (bicyclic) bond motifs is 9. The van der Waals surface area contributed by atoms with Gasteiger partial charge in [0.25, 0.3) is 0 Å². The fourth-order valence-corrected chi connectivity index (χ4v) is 18.5. The summed E-state index contributed by atoms with van der Waals surface area (Å²) in [6.07, 6.45) is 0. The van der Waals surface area contributed by atoms with E-state index >= 15 is 0 Å². The van der Waals surface area contributed by atoms with Gasteiger partial charge in [-0.15, -0.1) is 34.0 Å². The predicted molar refractivity (Wildman–Crippen MR) is 426 cm³/mol. The molecule has 5 heterocycles. The van der Waals surface area contributed by atoms with Crippen LogP contribution in [0.1, 0.15) is 0 Å². The number of nitrogens with zero attached hydrogens (tertiary/aromatic N) is 4. The molecule has 0 saturated heterocycles. The van der Waals surface area contributed by atoms with Crippen molar-refractivity contribution in [3.8, 4) is 78.1 Å². The zero-order chi connectivity index (χ0) is 65.3. The molecule has 0 amide bonds. The van der Waals surface area contributed by atoms with Crippen LogP contribution in [0.5, 0.6) is 0 Å². The molecule has 99 heavy (non-hydrogen) atoms. The molecule has 0 unspecified atom stereocenters. The highest BCUT2D eigenvalue weighted by Gasteiger charge is 2.30. The van der Waals surface area contributed by atoms with Gasteiger partial charge in [0, 0.05) is 34.1 Å². The third kappa shape index (κ3) is 10.3. The van der Waals surface area contributed by atoms with E-state index in [9.17, 15) is 0 Å². The van der Waals surface area contributed by atoms with Crippen molar-refractivity contribution in [3.63, 3.8) is 0 Å². The van der Waals surface area contributed by atoms with Crippen molar-refractivity contribution >= 4 is 129 Å². The van der Waals surface area contributed by atoms with Crippen LogP contribution in [0, 0.1) is 0 Å². The van der Waals surface area contributed by atoms with Crippen molar-refractivity contribution in [3.05, 3.63) is 364 Å². The van der Waals surface area contributed by atoms with Crippen LogP contribution in [0.25, 0.3) is 141 Å². The highest BCUT2D eigenvalue weighted by atomic mass is 32.1. The summed E-state index contributed by atoms with van der Waals surface area (Å²) in [6.45, 7) is 0. The topological polar surface area (TPSA) is 16.3 Å². The van der Waals surface area contributed by atoms with E-state index < -0.39 is 0 Å². The van der Waals surface area contributed by atoms with Crippen molar-refractivity contribution in [2.75, 3.05) is 9.80 Å². The van der Waals surface area contributed by atoms with E-state index in [4.69, 9.17) is 0 Å². The Bertz CT molecular complexity index is 5590. The van der Waals surface area contributed by atoms with E-state index in [1.165, 1.54) is 118 Å². The highest BCUT2D eigenvalue weighted by molar-refractivity contribution is 7.35. The molecule has 7 heteroatoms. The second kappa shape index (κ2) is 24.5. The number of rotatable bonds is 14. The average molecular weight is 1320 g/mol. The Hall–Kier alpha value is -12.1. The molecule has 5 aromatic heterocycles. The number of thiophene rings is 3. The molecule has 0 saturated carbocycles. The van der Waals surface area contributed by atoms with E-state index in [1.807, 2.05) is 34.0 Å². The smallest absolute Gasteiger partial charge is 0.103 e. The van der Waals surface area contributed by atoms with E-state index in [0.717, 1.165) is 55.2 Å². The molecule has 0 spiro atoms. The summed E-state index contributed by atoms with van der Waals surface area (Å²) in [5.74, 6) is 0. The molecule has 19 rings (SSSR count). The van der Waals surface area contributed by atoms with E-state index in [0.29, 0.717) is 0 Å². The van der Waals surface area contributed by atoms with Gasteiger partial charge >= 0.3 is 0 Å². The van der Waals surface area contributed by atoms with Crippen molar-refractivity contribution < 1.29 is 0 Å². The molecule has 0 atom stereocenters. The fraction of sp³-hybridized carbons (Fsp3) is 0. The van der Waals surface area contributed by atoms with Crippen molar-refractivity contribution in [2.24, 2.45) is 0 Å². The minimum Gasteiger partial charge on any atom is -0.305 e.